The van der Waals surface area contributed by atoms with E-state index >= 15 is 0 Å². The Labute approximate surface area is 156 Å². The van der Waals surface area contributed by atoms with Gasteiger partial charge in [0, 0.05) is 24.3 Å². The van der Waals surface area contributed by atoms with Crippen molar-refractivity contribution in [2.45, 2.75) is 19.3 Å². The summed E-state index contributed by atoms with van der Waals surface area (Å²) in [6.07, 6.45) is 3.34. The van der Waals surface area contributed by atoms with Gasteiger partial charge in [-0.1, -0.05) is 6.07 Å². The minimum atomic E-state index is -0.232. The maximum absolute atomic E-state index is 12.4. The van der Waals surface area contributed by atoms with Crippen LogP contribution in [0.15, 0.2) is 41.8 Å². The fourth-order valence-electron chi connectivity index (χ4n) is 2.71. The quantitative estimate of drug-likeness (QED) is 0.809. The Hall–Kier alpha value is -2.25. The summed E-state index contributed by atoms with van der Waals surface area (Å²) < 4.78 is 0. The number of benzene rings is 1. The van der Waals surface area contributed by atoms with E-state index in [0.717, 1.165) is 31.6 Å². The summed E-state index contributed by atoms with van der Waals surface area (Å²) in [5, 5.41) is 7.66. The molecular formula is C18H19N3O2S2. The van der Waals surface area contributed by atoms with Gasteiger partial charge in [0.15, 0.2) is 5.11 Å². The van der Waals surface area contributed by atoms with E-state index in [1.54, 1.807) is 30.3 Å². The molecule has 2 aromatic rings. The van der Waals surface area contributed by atoms with Crippen LogP contribution in [0.5, 0.6) is 0 Å². The largest absolute Gasteiger partial charge is 0.339 e. The van der Waals surface area contributed by atoms with Crippen molar-refractivity contribution in [3.05, 3.63) is 52.2 Å². The number of nitrogens with zero attached hydrogens (tertiary/aromatic N) is 1. The topological polar surface area (TPSA) is 61.4 Å². The summed E-state index contributed by atoms with van der Waals surface area (Å²) >= 11 is 6.52. The van der Waals surface area contributed by atoms with Crippen LogP contribution in [-0.2, 0) is 0 Å². The molecule has 1 fully saturated rings. The molecule has 0 atom stereocenters. The number of carbonyl (C=O) groups excluding carboxylic acids is 2. The predicted octanol–water partition coefficient (Wildman–Crippen LogP) is 3.50. The van der Waals surface area contributed by atoms with Crippen LogP contribution in [0.2, 0.25) is 0 Å². The van der Waals surface area contributed by atoms with Gasteiger partial charge in [-0.15, -0.1) is 11.3 Å². The van der Waals surface area contributed by atoms with Crippen molar-refractivity contribution < 1.29 is 9.59 Å². The highest BCUT2D eigenvalue weighted by Gasteiger charge is 2.18. The number of carbonyl (C=O) groups is 2. The molecule has 130 valence electrons. The third-order valence-electron chi connectivity index (χ3n) is 4.01. The van der Waals surface area contributed by atoms with Crippen LogP contribution in [0.3, 0.4) is 0 Å². The van der Waals surface area contributed by atoms with Gasteiger partial charge in [0.25, 0.3) is 11.8 Å². The average Bonchev–Trinajstić information content (AvgIpc) is 3.17. The summed E-state index contributed by atoms with van der Waals surface area (Å²) in [6.45, 7) is 1.66. The monoisotopic (exact) mass is 373 g/mol. The Kier molecular flexibility index (Phi) is 5.78. The van der Waals surface area contributed by atoms with Crippen LogP contribution in [0, 0.1) is 0 Å². The molecule has 1 aromatic carbocycles. The Morgan fingerprint density at radius 3 is 2.40 bits per heavy atom. The van der Waals surface area contributed by atoms with Gasteiger partial charge in [-0.05, 0) is 67.2 Å². The van der Waals surface area contributed by atoms with Crippen LogP contribution in [0.1, 0.15) is 39.3 Å². The highest BCUT2D eigenvalue weighted by Crippen LogP contribution is 2.15. The van der Waals surface area contributed by atoms with Gasteiger partial charge in [0.05, 0.1) is 4.88 Å². The van der Waals surface area contributed by atoms with Gasteiger partial charge in [0.2, 0.25) is 0 Å². The van der Waals surface area contributed by atoms with E-state index in [1.807, 2.05) is 16.3 Å². The van der Waals surface area contributed by atoms with Crippen LogP contribution in [0.25, 0.3) is 0 Å². The smallest absolute Gasteiger partial charge is 0.267 e. The third-order valence-corrected chi connectivity index (χ3v) is 5.08. The third kappa shape index (κ3) is 4.64. The number of nitrogens with one attached hydrogen (secondary N) is 2. The van der Waals surface area contributed by atoms with E-state index in [-0.39, 0.29) is 16.9 Å². The highest BCUT2D eigenvalue weighted by molar-refractivity contribution is 7.80. The Morgan fingerprint density at radius 2 is 1.76 bits per heavy atom. The van der Waals surface area contributed by atoms with Gasteiger partial charge < -0.3 is 10.2 Å². The number of thiophene rings is 1. The average molecular weight is 374 g/mol. The molecule has 2 N–H and O–H groups in total. The molecule has 2 heterocycles. The maximum atomic E-state index is 12.4. The van der Waals surface area contributed by atoms with Crippen molar-refractivity contribution in [1.29, 1.82) is 0 Å². The maximum Gasteiger partial charge on any atom is 0.267 e. The summed E-state index contributed by atoms with van der Waals surface area (Å²) in [5.41, 5.74) is 1.40. The van der Waals surface area contributed by atoms with Crippen molar-refractivity contribution >= 4 is 46.2 Å². The molecule has 25 heavy (non-hydrogen) atoms. The lowest BCUT2D eigenvalue weighted by molar-refractivity contribution is 0.0724. The van der Waals surface area contributed by atoms with E-state index in [4.69, 9.17) is 12.2 Å². The lowest BCUT2D eigenvalue weighted by Crippen LogP contribution is -2.35. The second kappa shape index (κ2) is 8.22. The molecular weight excluding hydrogens is 354 g/mol. The highest BCUT2D eigenvalue weighted by atomic mass is 32.1. The number of anilines is 1. The van der Waals surface area contributed by atoms with E-state index in [9.17, 15) is 9.59 Å². The van der Waals surface area contributed by atoms with Gasteiger partial charge in [0.1, 0.15) is 0 Å². The molecule has 0 bridgehead atoms. The molecule has 5 nitrogen and oxygen atoms in total. The Bertz CT molecular complexity index is 751. The first-order valence-corrected chi connectivity index (χ1v) is 9.47. The number of hydrogen-bond acceptors (Lipinski definition) is 4. The molecule has 2 amide bonds. The van der Waals surface area contributed by atoms with Crippen molar-refractivity contribution in [1.82, 2.24) is 10.2 Å². The van der Waals surface area contributed by atoms with Crippen LogP contribution in [-0.4, -0.2) is 34.9 Å². The molecule has 0 unspecified atom stereocenters. The second-order valence-corrected chi connectivity index (χ2v) is 7.17. The molecule has 0 spiro atoms. The number of rotatable bonds is 3. The lowest BCUT2D eigenvalue weighted by atomic mass is 10.1. The van der Waals surface area contributed by atoms with E-state index < -0.39 is 0 Å². The first-order valence-electron chi connectivity index (χ1n) is 8.18. The fourth-order valence-corrected chi connectivity index (χ4v) is 3.54. The van der Waals surface area contributed by atoms with Crippen molar-refractivity contribution in [2.24, 2.45) is 0 Å². The van der Waals surface area contributed by atoms with Gasteiger partial charge in [-0.2, -0.15) is 0 Å². The number of thiocarbonyl (C=S) groups is 1. The van der Waals surface area contributed by atoms with Crippen LogP contribution < -0.4 is 10.6 Å². The zero-order valence-corrected chi connectivity index (χ0v) is 15.3. The lowest BCUT2D eigenvalue weighted by Gasteiger charge is -2.26. The number of piperidine rings is 1. The minimum absolute atomic E-state index is 0.0693. The van der Waals surface area contributed by atoms with Crippen LogP contribution >= 0.6 is 23.6 Å². The number of likely N-dealkylation sites (tertiary alicyclic amines) is 1. The molecule has 3 rings (SSSR count). The van der Waals surface area contributed by atoms with E-state index in [2.05, 4.69) is 10.6 Å². The molecule has 0 saturated carbocycles. The molecule has 1 aromatic heterocycles. The Morgan fingerprint density at radius 1 is 1.04 bits per heavy atom. The van der Waals surface area contributed by atoms with Gasteiger partial charge in [-0.3, -0.25) is 14.9 Å². The number of hydrogen-bond donors (Lipinski definition) is 2. The normalized spacial score (nSPS) is 14.0. The van der Waals surface area contributed by atoms with Crippen molar-refractivity contribution in [3.8, 4) is 0 Å². The van der Waals surface area contributed by atoms with E-state index in [0.29, 0.717) is 10.4 Å². The second-order valence-electron chi connectivity index (χ2n) is 5.82. The summed E-state index contributed by atoms with van der Waals surface area (Å²) in [5.74, 6) is -0.163. The van der Waals surface area contributed by atoms with Gasteiger partial charge in [-0.25, -0.2) is 0 Å². The summed E-state index contributed by atoms with van der Waals surface area (Å²) in [7, 11) is 0. The molecule has 1 saturated heterocycles. The molecule has 0 aliphatic carbocycles. The molecule has 0 radical (unpaired) electrons. The van der Waals surface area contributed by atoms with Gasteiger partial charge >= 0.3 is 0 Å². The van der Waals surface area contributed by atoms with Crippen molar-refractivity contribution in [3.63, 3.8) is 0 Å². The standard InChI is InChI=1S/C18H19N3O2S2/c22-16(15-5-4-12-25-15)20-18(24)19-14-8-6-13(7-9-14)17(23)21-10-2-1-3-11-21/h4-9,12H,1-3,10-11H2,(H2,19,20,22,24). The first kappa shape index (κ1) is 17.6. The zero-order valence-electron chi connectivity index (χ0n) is 13.7. The molecule has 7 heteroatoms. The summed E-state index contributed by atoms with van der Waals surface area (Å²) in [4.78, 5) is 26.9. The SMILES string of the molecule is O=C(NC(=S)Nc1ccc(C(=O)N2CCCCC2)cc1)c1cccs1. The van der Waals surface area contributed by atoms with Crippen molar-refractivity contribution in [2.75, 3.05) is 18.4 Å². The zero-order chi connectivity index (χ0) is 17.6. The molecule has 1 aliphatic heterocycles. The van der Waals surface area contributed by atoms with E-state index in [1.165, 1.54) is 17.8 Å². The predicted molar refractivity (Wildman–Crippen MR) is 104 cm³/mol. The fraction of sp³-hybridized carbons (Fsp3) is 0.278. The molecule has 1 aliphatic rings. The first-order chi connectivity index (χ1) is 12.1. The summed E-state index contributed by atoms with van der Waals surface area (Å²) in [6, 6.07) is 10.7. The number of amides is 2. The Balaban J connectivity index is 1.56. The minimum Gasteiger partial charge on any atom is -0.339 e. The van der Waals surface area contributed by atoms with Crippen LogP contribution in [0.4, 0.5) is 5.69 Å².